The first-order valence-corrected chi connectivity index (χ1v) is 10.7. The zero-order chi connectivity index (χ0) is 20.2. The zero-order valence-corrected chi connectivity index (χ0v) is 17.1. The summed E-state index contributed by atoms with van der Waals surface area (Å²) in [6.07, 6.45) is 15.8. The van der Waals surface area contributed by atoms with Crippen LogP contribution in [0.25, 0.3) is 27.9 Å². The van der Waals surface area contributed by atoms with Crippen LogP contribution >= 0.6 is 0 Å². The SMILES string of the molecule is C1=C[C@@H](C[n+]2ccc(-c3cc[n+](-c4ccc(-c5ccccc5)cc4)cc3)cc2)CC1. The van der Waals surface area contributed by atoms with Crippen LogP contribution in [0.5, 0.6) is 0 Å². The number of hydrogen-bond acceptors (Lipinski definition) is 0. The topological polar surface area (TPSA) is 7.76 Å². The summed E-state index contributed by atoms with van der Waals surface area (Å²) in [6.45, 7) is 1.07. The van der Waals surface area contributed by atoms with Gasteiger partial charge in [0, 0.05) is 42.3 Å². The summed E-state index contributed by atoms with van der Waals surface area (Å²) in [6, 6.07) is 28.0. The molecular formula is C28H26N2+2. The molecule has 0 fully saturated rings. The molecule has 0 bridgehead atoms. The molecule has 5 rings (SSSR count). The van der Waals surface area contributed by atoms with Crippen LogP contribution < -0.4 is 9.13 Å². The second-order valence-corrected chi connectivity index (χ2v) is 7.96. The minimum absolute atomic E-state index is 0.685. The van der Waals surface area contributed by atoms with Gasteiger partial charge in [0.2, 0.25) is 5.69 Å². The number of nitrogens with zero attached hydrogens (tertiary/aromatic N) is 2. The van der Waals surface area contributed by atoms with Crippen molar-refractivity contribution < 1.29 is 9.13 Å². The Bertz CT molecular complexity index is 1130. The number of hydrogen-bond donors (Lipinski definition) is 0. The van der Waals surface area contributed by atoms with Gasteiger partial charge in [0.15, 0.2) is 31.3 Å². The van der Waals surface area contributed by atoms with E-state index in [1.165, 1.54) is 35.1 Å². The van der Waals surface area contributed by atoms with E-state index < -0.39 is 0 Å². The largest absolute Gasteiger partial charge is 0.210 e. The van der Waals surface area contributed by atoms with E-state index in [1.807, 2.05) is 0 Å². The third-order valence-corrected chi connectivity index (χ3v) is 5.88. The maximum absolute atomic E-state index is 2.35. The average Bonchev–Trinajstić information content (AvgIpc) is 3.34. The van der Waals surface area contributed by atoms with Crippen molar-refractivity contribution in [2.75, 3.05) is 0 Å². The smallest absolute Gasteiger partial charge is 0.204 e. The normalized spacial score (nSPS) is 15.4. The van der Waals surface area contributed by atoms with E-state index in [4.69, 9.17) is 0 Å². The summed E-state index contributed by atoms with van der Waals surface area (Å²) < 4.78 is 4.45. The highest BCUT2D eigenvalue weighted by Crippen LogP contribution is 2.21. The van der Waals surface area contributed by atoms with Crippen molar-refractivity contribution in [2.45, 2.75) is 19.4 Å². The standard InChI is InChI=1S/C28H26N2/c1-2-8-24(9-3-1)25-10-12-28(13-11-25)30-20-16-27(17-21-30)26-14-18-29(19-15-26)22-23-6-4-5-7-23/h1-4,6,8-21,23H,5,7,22H2/q+2/t23-/m1/s1. The number of rotatable bonds is 5. The molecule has 2 heteroatoms. The van der Waals surface area contributed by atoms with Gasteiger partial charge in [-0.15, -0.1) is 0 Å². The molecule has 0 saturated heterocycles. The van der Waals surface area contributed by atoms with Crippen LogP contribution in [-0.2, 0) is 6.54 Å². The third kappa shape index (κ3) is 4.08. The highest BCUT2D eigenvalue weighted by molar-refractivity contribution is 5.64. The van der Waals surface area contributed by atoms with Crippen LogP contribution in [0.3, 0.4) is 0 Å². The summed E-state index contributed by atoms with van der Waals surface area (Å²) in [5.74, 6) is 0.685. The molecule has 2 heterocycles. The molecule has 0 saturated carbocycles. The van der Waals surface area contributed by atoms with E-state index >= 15 is 0 Å². The summed E-state index contributed by atoms with van der Waals surface area (Å²) >= 11 is 0. The first-order valence-electron chi connectivity index (χ1n) is 10.7. The molecule has 2 aromatic heterocycles. The molecule has 1 aliphatic carbocycles. The Balaban J connectivity index is 1.30. The molecule has 2 aromatic carbocycles. The molecule has 0 radical (unpaired) electrons. The molecule has 146 valence electrons. The molecule has 0 N–H and O–H groups in total. The monoisotopic (exact) mass is 390 g/mol. The minimum Gasteiger partial charge on any atom is -0.204 e. The lowest BCUT2D eigenvalue weighted by molar-refractivity contribution is -0.701. The van der Waals surface area contributed by atoms with Crippen LogP contribution in [0.15, 0.2) is 116 Å². The summed E-state index contributed by atoms with van der Waals surface area (Å²) in [5, 5.41) is 0. The Labute approximate surface area is 178 Å². The van der Waals surface area contributed by atoms with Crippen molar-refractivity contribution in [3.05, 3.63) is 116 Å². The quantitative estimate of drug-likeness (QED) is 0.312. The number of pyridine rings is 2. The fraction of sp³-hybridized carbons (Fsp3) is 0.143. The predicted octanol–water partition coefficient (Wildman–Crippen LogP) is 5.55. The Hall–Kier alpha value is -3.52. The number of benzene rings is 2. The third-order valence-electron chi connectivity index (χ3n) is 5.88. The lowest BCUT2D eigenvalue weighted by atomic mass is 10.1. The average molecular weight is 391 g/mol. The highest BCUT2D eigenvalue weighted by Gasteiger charge is 2.14. The van der Waals surface area contributed by atoms with Gasteiger partial charge in [-0.1, -0.05) is 42.5 Å². The van der Waals surface area contributed by atoms with Gasteiger partial charge in [-0.05, 0) is 47.2 Å². The molecule has 0 unspecified atom stereocenters. The summed E-state index contributed by atoms with van der Waals surface area (Å²) in [5.41, 5.74) is 6.13. The van der Waals surface area contributed by atoms with Gasteiger partial charge in [0.1, 0.15) is 0 Å². The molecule has 0 aliphatic heterocycles. The summed E-state index contributed by atoms with van der Waals surface area (Å²) in [7, 11) is 0. The molecule has 30 heavy (non-hydrogen) atoms. The second kappa shape index (κ2) is 8.46. The Kier molecular flexibility index (Phi) is 5.22. The Morgan fingerprint density at radius 3 is 1.87 bits per heavy atom. The fourth-order valence-electron chi connectivity index (χ4n) is 4.14. The Morgan fingerprint density at radius 1 is 0.633 bits per heavy atom. The van der Waals surface area contributed by atoms with Crippen molar-refractivity contribution in [3.8, 4) is 27.9 Å². The molecular weight excluding hydrogens is 364 g/mol. The maximum Gasteiger partial charge on any atom is 0.210 e. The van der Waals surface area contributed by atoms with Gasteiger partial charge in [0.05, 0.1) is 0 Å². The van der Waals surface area contributed by atoms with Crippen LogP contribution in [0.4, 0.5) is 0 Å². The van der Waals surface area contributed by atoms with Gasteiger partial charge in [0.25, 0.3) is 0 Å². The van der Waals surface area contributed by atoms with Gasteiger partial charge < -0.3 is 0 Å². The molecule has 1 aliphatic rings. The second-order valence-electron chi connectivity index (χ2n) is 7.96. The van der Waals surface area contributed by atoms with E-state index in [0.29, 0.717) is 5.92 Å². The minimum atomic E-state index is 0.685. The van der Waals surface area contributed by atoms with Crippen molar-refractivity contribution >= 4 is 0 Å². The van der Waals surface area contributed by atoms with E-state index in [2.05, 4.69) is 125 Å². The van der Waals surface area contributed by atoms with Gasteiger partial charge in [-0.25, -0.2) is 4.57 Å². The van der Waals surface area contributed by atoms with E-state index in [-0.39, 0.29) is 0 Å². The summed E-state index contributed by atoms with van der Waals surface area (Å²) in [4.78, 5) is 0. The first-order chi connectivity index (χ1) is 14.8. The first kappa shape index (κ1) is 18.5. The fourth-order valence-corrected chi connectivity index (χ4v) is 4.14. The number of allylic oxidation sites excluding steroid dienone is 2. The predicted molar refractivity (Wildman–Crippen MR) is 121 cm³/mol. The number of aromatic nitrogens is 2. The Morgan fingerprint density at radius 2 is 1.23 bits per heavy atom. The lowest BCUT2D eigenvalue weighted by Crippen LogP contribution is -2.35. The van der Waals surface area contributed by atoms with Crippen molar-refractivity contribution in [3.63, 3.8) is 0 Å². The molecule has 0 amide bonds. The van der Waals surface area contributed by atoms with Crippen molar-refractivity contribution in [1.29, 1.82) is 0 Å². The highest BCUT2D eigenvalue weighted by atomic mass is 14.9. The molecule has 4 aromatic rings. The van der Waals surface area contributed by atoms with Crippen LogP contribution in [0.1, 0.15) is 12.8 Å². The van der Waals surface area contributed by atoms with Gasteiger partial charge >= 0.3 is 0 Å². The van der Waals surface area contributed by atoms with Gasteiger partial charge in [-0.2, -0.15) is 4.57 Å². The van der Waals surface area contributed by atoms with Gasteiger partial charge in [-0.3, -0.25) is 0 Å². The molecule has 2 nitrogen and oxygen atoms in total. The van der Waals surface area contributed by atoms with E-state index in [9.17, 15) is 0 Å². The van der Waals surface area contributed by atoms with Crippen molar-refractivity contribution in [1.82, 2.24) is 0 Å². The van der Waals surface area contributed by atoms with Crippen LogP contribution in [-0.4, -0.2) is 0 Å². The molecule has 0 spiro atoms. The van der Waals surface area contributed by atoms with E-state index in [0.717, 1.165) is 12.2 Å². The maximum atomic E-state index is 2.35. The lowest BCUT2D eigenvalue weighted by Gasteiger charge is -2.05. The van der Waals surface area contributed by atoms with E-state index in [1.54, 1.807) is 0 Å². The van der Waals surface area contributed by atoms with Crippen LogP contribution in [0.2, 0.25) is 0 Å². The van der Waals surface area contributed by atoms with Crippen LogP contribution in [0, 0.1) is 5.92 Å². The molecule has 1 atom stereocenters. The van der Waals surface area contributed by atoms with Crippen molar-refractivity contribution in [2.24, 2.45) is 5.92 Å². The zero-order valence-electron chi connectivity index (χ0n) is 17.1.